The Morgan fingerprint density at radius 1 is 1.32 bits per heavy atom. The Bertz CT molecular complexity index is 960. The highest BCUT2D eigenvalue weighted by atomic mass is 16.6. The summed E-state index contributed by atoms with van der Waals surface area (Å²) in [6.45, 7) is 0.826. The van der Waals surface area contributed by atoms with Crippen LogP contribution in [0.4, 0.5) is 11.4 Å². The van der Waals surface area contributed by atoms with Crippen LogP contribution in [0.15, 0.2) is 34.0 Å². The smallest absolute Gasteiger partial charge is 0.345 e. The van der Waals surface area contributed by atoms with Crippen molar-refractivity contribution < 1.29 is 19.2 Å². The number of ether oxygens (including phenoxy) is 1. The van der Waals surface area contributed by atoms with Crippen molar-refractivity contribution in [2.75, 3.05) is 11.9 Å². The Morgan fingerprint density at radius 3 is 2.68 bits per heavy atom. The molecule has 11 nitrogen and oxygen atoms in total. The number of aromatic nitrogens is 2. The number of carbonyl (C=O) groups excluding carboxylic acids is 2. The molecule has 0 aliphatic rings. The van der Waals surface area contributed by atoms with Crippen molar-refractivity contribution >= 4 is 23.3 Å². The van der Waals surface area contributed by atoms with E-state index in [4.69, 9.17) is 0 Å². The monoisotopic (exact) mass is 348 g/mol. The molecule has 3 N–H and O–H groups in total. The minimum absolute atomic E-state index is 0.153. The Labute approximate surface area is 138 Å². The van der Waals surface area contributed by atoms with E-state index < -0.39 is 40.2 Å². The first-order valence-corrected chi connectivity index (χ1v) is 6.82. The van der Waals surface area contributed by atoms with Crippen LogP contribution in [0.3, 0.4) is 0 Å². The molecule has 0 aliphatic carbocycles. The lowest BCUT2D eigenvalue weighted by atomic mass is 10.2. The van der Waals surface area contributed by atoms with Gasteiger partial charge in [0, 0.05) is 23.5 Å². The molecule has 0 spiro atoms. The zero-order valence-electron chi connectivity index (χ0n) is 12.8. The minimum atomic E-state index is -1.11. The molecule has 0 bridgehead atoms. The number of aromatic amines is 2. The molecule has 0 aliphatic heterocycles. The Balaban J connectivity index is 2.00. The van der Waals surface area contributed by atoms with Gasteiger partial charge in [0.1, 0.15) is 5.56 Å². The van der Waals surface area contributed by atoms with Crippen LogP contribution in [-0.2, 0) is 9.53 Å². The van der Waals surface area contributed by atoms with Gasteiger partial charge in [0.05, 0.1) is 4.92 Å². The highest BCUT2D eigenvalue weighted by molar-refractivity contribution is 5.95. The van der Waals surface area contributed by atoms with Crippen molar-refractivity contribution in [2.24, 2.45) is 0 Å². The number of nitro benzene ring substituents is 1. The zero-order chi connectivity index (χ0) is 18.6. The van der Waals surface area contributed by atoms with E-state index >= 15 is 0 Å². The van der Waals surface area contributed by atoms with E-state index in [1.165, 1.54) is 18.2 Å². The van der Waals surface area contributed by atoms with Gasteiger partial charge in [-0.25, -0.2) is 9.59 Å². The van der Waals surface area contributed by atoms with Gasteiger partial charge in [-0.3, -0.25) is 24.7 Å². The van der Waals surface area contributed by atoms with Gasteiger partial charge in [0.25, 0.3) is 17.2 Å². The standard InChI is InChI=1S/C14H12N4O7/c1-7-2-3-8(4-10(7)18(23)24)16-11(19)6-25-13(21)9-5-15-14(22)17-12(9)20/h2-5H,6H2,1H3,(H,16,19)(H2,15,17,20,22). The third-order valence-corrected chi connectivity index (χ3v) is 3.06. The normalized spacial score (nSPS) is 10.1. The fourth-order valence-electron chi connectivity index (χ4n) is 1.85. The lowest BCUT2D eigenvalue weighted by Crippen LogP contribution is -2.29. The quantitative estimate of drug-likeness (QED) is 0.391. The van der Waals surface area contributed by atoms with Gasteiger partial charge in [-0.05, 0) is 13.0 Å². The number of nitrogens with one attached hydrogen (secondary N) is 3. The number of anilines is 1. The molecular weight excluding hydrogens is 336 g/mol. The lowest BCUT2D eigenvalue weighted by molar-refractivity contribution is -0.385. The molecule has 0 saturated heterocycles. The van der Waals surface area contributed by atoms with Crippen LogP contribution < -0.4 is 16.6 Å². The van der Waals surface area contributed by atoms with E-state index in [9.17, 15) is 29.3 Å². The maximum atomic E-state index is 11.8. The molecule has 1 aromatic heterocycles. The number of carbonyl (C=O) groups is 2. The minimum Gasteiger partial charge on any atom is -0.452 e. The number of H-pyrrole nitrogens is 2. The summed E-state index contributed by atoms with van der Waals surface area (Å²) >= 11 is 0. The molecule has 0 atom stereocenters. The largest absolute Gasteiger partial charge is 0.452 e. The number of hydrogen-bond donors (Lipinski definition) is 3. The number of amides is 1. The number of nitro groups is 1. The SMILES string of the molecule is Cc1ccc(NC(=O)COC(=O)c2c[nH]c(=O)[nH]c2=O)cc1[N+](=O)[O-]. The highest BCUT2D eigenvalue weighted by Crippen LogP contribution is 2.22. The van der Waals surface area contributed by atoms with Crippen LogP contribution in [-0.4, -0.2) is 33.4 Å². The molecular formula is C14H12N4O7. The van der Waals surface area contributed by atoms with E-state index in [1.807, 2.05) is 4.98 Å². The summed E-state index contributed by atoms with van der Waals surface area (Å²) in [6, 6.07) is 4.08. The molecule has 11 heteroatoms. The van der Waals surface area contributed by atoms with Crippen molar-refractivity contribution in [3.8, 4) is 0 Å². The lowest BCUT2D eigenvalue weighted by Gasteiger charge is -2.07. The van der Waals surface area contributed by atoms with Crippen molar-refractivity contribution in [2.45, 2.75) is 6.92 Å². The number of benzene rings is 1. The number of rotatable bonds is 5. The molecule has 25 heavy (non-hydrogen) atoms. The van der Waals surface area contributed by atoms with Gasteiger partial charge in [0.15, 0.2) is 6.61 Å². The van der Waals surface area contributed by atoms with E-state index in [0.29, 0.717) is 5.56 Å². The molecule has 2 rings (SSSR count). The Kier molecular flexibility index (Phi) is 5.07. The first kappa shape index (κ1) is 17.6. The predicted octanol–water partition coefficient (Wildman–Crippen LogP) is 0.0753. The zero-order valence-corrected chi connectivity index (χ0v) is 12.8. The van der Waals surface area contributed by atoms with Crippen LogP contribution in [0.2, 0.25) is 0 Å². The van der Waals surface area contributed by atoms with E-state index in [0.717, 1.165) is 6.20 Å². The van der Waals surface area contributed by atoms with Gasteiger partial charge in [-0.15, -0.1) is 0 Å². The molecule has 1 heterocycles. The van der Waals surface area contributed by atoms with Gasteiger partial charge < -0.3 is 15.0 Å². The van der Waals surface area contributed by atoms with Gasteiger partial charge in [-0.1, -0.05) is 6.07 Å². The molecule has 0 fully saturated rings. The second-order valence-corrected chi connectivity index (χ2v) is 4.87. The average Bonchev–Trinajstić information content (AvgIpc) is 2.54. The number of esters is 1. The summed E-state index contributed by atoms with van der Waals surface area (Å²) < 4.78 is 4.66. The molecule has 1 amide bonds. The summed E-state index contributed by atoms with van der Waals surface area (Å²) in [5.74, 6) is -1.87. The highest BCUT2D eigenvalue weighted by Gasteiger charge is 2.16. The molecule has 2 aromatic rings. The Hall–Kier alpha value is -3.76. The maximum absolute atomic E-state index is 11.8. The molecule has 1 aromatic carbocycles. The topological polar surface area (TPSA) is 164 Å². The van der Waals surface area contributed by atoms with Crippen LogP contribution in [0.5, 0.6) is 0 Å². The second-order valence-electron chi connectivity index (χ2n) is 4.87. The van der Waals surface area contributed by atoms with E-state index in [1.54, 1.807) is 6.92 Å². The number of nitrogens with zero attached hydrogens (tertiary/aromatic N) is 1. The molecule has 0 radical (unpaired) electrons. The van der Waals surface area contributed by atoms with Gasteiger partial charge in [0.2, 0.25) is 0 Å². The van der Waals surface area contributed by atoms with Crippen LogP contribution in [0.1, 0.15) is 15.9 Å². The van der Waals surface area contributed by atoms with Gasteiger partial charge >= 0.3 is 11.7 Å². The molecule has 130 valence electrons. The van der Waals surface area contributed by atoms with Crippen molar-refractivity contribution in [1.29, 1.82) is 0 Å². The predicted molar refractivity (Wildman–Crippen MR) is 84.4 cm³/mol. The summed E-state index contributed by atoms with van der Waals surface area (Å²) in [5, 5.41) is 13.2. The number of hydrogen-bond acceptors (Lipinski definition) is 7. The summed E-state index contributed by atoms with van der Waals surface area (Å²) in [7, 11) is 0. The average molecular weight is 348 g/mol. The summed E-state index contributed by atoms with van der Waals surface area (Å²) in [5.41, 5.74) is -1.82. The first-order valence-electron chi connectivity index (χ1n) is 6.82. The van der Waals surface area contributed by atoms with Crippen molar-refractivity contribution in [3.05, 3.63) is 66.5 Å². The fourth-order valence-corrected chi connectivity index (χ4v) is 1.85. The number of aryl methyl sites for hydroxylation is 1. The van der Waals surface area contributed by atoms with Gasteiger partial charge in [-0.2, -0.15) is 0 Å². The maximum Gasteiger partial charge on any atom is 0.345 e. The summed E-state index contributed by atoms with van der Waals surface area (Å²) in [4.78, 5) is 59.9. The van der Waals surface area contributed by atoms with E-state index in [-0.39, 0.29) is 11.4 Å². The Morgan fingerprint density at radius 2 is 2.04 bits per heavy atom. The second kappa shape index (κ2) is 7.21. The third kappa shape index (κ3) is 4.37. The first-order chi connectivity index (χ1) is 11.8. The van der Waals surface area contributed by atoms with Crippen molar-refractivity contribution in [3.63, 3.8) is 0 Å². The van der Waals surface area contributed by atoms with Crippen LogP contribution >= 0.6 is 0 Å². The van der Waals surface area contributed by atoms with Crippen LogP contribution in [0.25, 0.3) is 0 Å². The fraction of sp³-hybridized carbons (Fsp3) is 0.143. The van der Waals surface area contributed by atoms with Crippen molar-refractivity contribution in [1.82, 2.24) is 9.97 Å². The third-order valence-electron chi connectivity index (χ3n) is 3.06. The molecule has 0 unspecified atom stereocenters. The van der Waals surface area contributed by atoms with Crippen LogP contribution in [0, 0.1) is 17.0 Å². The summed E-state index contributed by atoms with van der Waals surface area (Å²) in [6.07, 6.45) is 0.866. The molecule has 0 saturated carbocycles. The van der Waals surface area contributed by atoms with E-state index in [2.05, 4.69) is 15.0 Å².